The van der Waals surface area contributed by atoms with Crippen molar-refractivity contribution in [2.24, 2.45) is 0 Å². The lowest BCUT2D eigenvalue weighted by Gasteiger charge is -2.26. The maximum absolute atomic E-state index is 10.2. The Morgan fingerprint density at radius 3 is 2.80 bits per heavy atom. The van der Waals surface area contributed by atoms with E-state index >= 15 is 0 Å². The Morgan fingerprint density at radius 1 is 1.30 bits per heavy atom. The molecule has 4 atom stereocenters. The number of imidazole rings is 1. The molecule has 2 aliphatic rings. The largest absolute Gasteiger partial charge is 0.455 e. The fraction of sp³-hybridized carbons (Fsp3) is 0.417. The monoisotopic (exact) mass is 316 g/mol. The molecule has 0 radical (unpaired) electrons. The van der Waals surface area contributed by atoms with E-state index < -0.39 is 24.5 Å². The first-order chi connectivity index (χ1) is 9.60. The van der Waals surface area contributed by atoms with E-state index in [0.717, 1.165) is 0 Å². The summed E-state index contributed by atoms with van der Waals surface area (Å²) in [5, 5.41) is 20.2. The third kappa shape index (κ3) is 1.54. The molecule has 106 valence electrons. The molecule has 6 nitrogen and oxygen atoms in total. The Kier molecular flexibility index (Phi) is 2.68. The van der Waals surface area contributed by atoms with Crippen molar-refractivity contribution in [2.45, 2.75) is 24.5 Å². The van der Waals surface area contributed by atoms with E-state index in [2.05, 4.69) is 4.98 Å². The summed E-state index contributed by atoms with van der Waals surface area (Å²) >= 11 is 12.0. The average Bonchev–Trinajstić information content (AvgIpc) is 2.85. The number of aliphatic hydroxyl groups is 2. The van der Waals surface area contributed by atoms with Gasteiger partial charge in [-0.25, -0.2) is 0 Å². The van der Waals surface area contributed by atoms with Gasteiger partial charge in [0.15, 0.2) is 12.3 Å². The molecule has 2 bridgehead atoms. The number of fused-ring (bicyclic) bond motifs is 6. The third-order valence-electron chi connectivity index (χ3n) is 3.68. The van der Waals surface area contributed by atoms with Crippen LogP contribution in [-0.2, 0) is 4.74 Å². The first-order valence-corrected chi connectivity index (χ1v) is 6.84. The summed E-state index contributed by atoms with van der Waals surface area (Å²) in [5.74, 6) is 0. The number of benzene rings is 1. The van der Waals surface area contributed by atoms with E-state index in [1.54, 1.807) is 16.7 Å². The van der Waals surface area contributed by atoms with Gasteiger partial charge in [-0.15, -0.1) is 0 Å². The molecule has 2 N–H and O–H groups in total. The van der Waals surface area contributed by atoms with Crippen molar-refractivity contribution in [1.82, 2.24) is 9.55 Å². The van der Waals surface area contributed by atoms with Crippen LogP contribution in [0.2, 0.25) is 10.0 Å². The summed E-state index contributed by atoms with van der Waals surface area (Å²) in [6.07, 6.45) is -2.72. The zero-order chi connectivity index (χ0) is 14.0. The van der Waals surface area contributed by atoms with Crippen LogP contribution in [0, 0.1) is 0 Å². The van der Waals surface area contributed by atoms with E-state index in [-0.39, 0.29) is 6.61 Å². The Labute approximate surface area is 123 Å². The number of ether oxygens (including phenoxy) is 2. The molecule has 0 saturated carbocycles. The van der Waals surface area contributed by atoms with E-state index in [1.165, 1.54) is 0 Å². The zero-order valence-corrected chi connectivity index (χ0v) is 11.5. The first-order valence-electron chi connectivity index (χ1n) is 6.08. The molecule has 4 rings (SSSR count). The molecular weight excluding hydrogens is 307 g/mol. The Hall–Kier alpha value is -1.05. The summed E-state index contributed by atoms with van der Waals surface area (Å²) in [6, 6.07) is 3.62. The van der Waals surface area contributed by atoms with Crippen LogP contribution in [0.15, 0.2) is 12.1 Å². The smallest absolute Gasteiger partial charge is 0.300 e. The molecule has 0 unspecified atom stereocenters. The molecule has 0 amide bonds. The van der Waals surface area contributed by atoms with Crippen molar-refractivity contribution in [2.75, 3.05) is 6.61 Å². The van der Waals surface area contributed by atoms with Crippen molar-refractivity contribution >= 4 is 34.2 Å². The van der Waals surface area contributed by atoms with Crippen LogP contribution in [-0.4, -0.2) is 44.7 Å². The molecular formula is C12H10Cl2N2O4. The molecule has 0 aliphatic carbocycles. The maximum Gasteiger partial charge on any atom is 0.300 e. The second kappa shape index (κ2) is 4.22. The highest BCUT2D eigenvalue weighted by atomic mass is 35.5. The minimum atomic E-state index is -0.869. The molecule has 2 aromatic rings. The quantitative estimate of drug-likeness (QED) is 0.830. The Bertz CT molecular complexity index is 704. The number of halogens is 2. The summed E-state index contributed by atoms with van der Waals surface area (Å²) in [7, 11) is 0. The lowest BCUT2D eigenvalue weighted by molar-refractivity contribution is -0.0510. The average molecular weight is 317 g/mol. The van der Waals surface area contributed by atoms with E-state index in [1.807, 2.05) is 0 Å². The molecule has 20 heavy (non-hydrogen) atoms. The fourth-order valence-electron chi connectivity index (χ4n) is 2.74. The predicted molar refractivity (Wildman–Crippen MR) is 71.2 cm³/mol. The van der Waals surface area contributed by atoms with Crippen LogP contribution >= 0.6 is 23.2 Å². The number of nitrogens with zero attached hydrogens (tertiary/aromatic N) is 2. The topological polar surface area (TPSA) is 76.7 Å². The number of hydrogen-bond acceptors (Lipinski definition) is 5. The highest BCUT2D eigenvalue weighted by Gasteiger charge is 2.51. The van der Waals surface area contributed by atoms with Crippen LogP contribution in [0.5, 0.6) is 6.01 Å². The standard InChI is InChI=1S/C12H10Cl2N2O4/c13-4-1-6-7(2-5(4)14)16-11-9(18)10(8(3-17)19-11)20-12(16)15-6/h1-2,8-11,17-18H,3H2/t8-,9+,10-,11-/m0/s1. The number of rotatable bonds is 1. The van der Waals surface area contributed by atoms with Gasteiger partial charge >= 0.3 is 0 Å². The van der Waals surface area contributed by atoms with Gasteiger partial charge in [0.2, 0.25) is 0 Å². The highest BCUT2D eigenvalue weighted by molar-refractivity contribution is 6.42. The van der Waals surface area contributed by atoms with Crippen LogP contribution < -0.4 is 4.74 Å². The van der Waals surface area contributed by atoms with Crippen LogP contribution in [0.1, 0.15) is 6.23 Å². The number of aliphatic hydroxyl groups excluding tert-OH is 2. The Morgan fingerprint density at radius 2 is 2.05 bits per heavy atom. The predicted octanol–water partition coefficient (Wildman–Crippen LogP) is 1.35. The molecule has 1 aromatic carbocycles. The fourth-order valence-corrected chi connectivity index (χ4v) is 3.06. The highest BCUT2D eigenvalue weighted by Crippen LogP contribution is 2.42. The van der Waals surface area contributed by atoms with E-state index in [4.69, 9.17) is 32.7 Å². The van der Waals surface area contributed by atoms with Crippen LogP contribution in [0.25, 0.3) is 11.0 Å². The van der Waals surface area contributed by atoms with Crippen molar-refractivity contribution < 1.29 is 19.7 Å². The minimum Gasteiger partial charge on any atom is -0.455 e. The van der Waals surface area contributed by atoms with Crippen molar-refractivity contribution in [1.29, 1.82) is 0 Å². The van der Waals surface area contributed by atoms with E-state index in [0.29, 0.717) is 27.1 Å². The van der Waals surface area contributed by atoms with Gasteiger partial charge < -0.3 is 19.7 Å². The summed E-state index contributed by atoms with van der Waals surface area (Å²) in [5.41, 5.74) is 1.27. The summed E-state index contributed by atoms with van der Waals surface area (Å²) in [4.78, 5) is 4.32. The third-order valence-corrected chi connectivity index (χ3v) is 4.41. The minimum absolute atomic E-state index is 0.229. The number of aromatic nitrogens is 2. The van der Waals surface area contributed by atoms with Gasteiger partial charge in [0, 0.05) is 0 Å². The molecule has 1 fully saturated rings. The van der Waals surface area contributed by atoms with Gasteiger partial charge in [-0.2, -0.15) is 4.98 Å². The van der Waals surface area contributed by atoms with Gasteiger partial charge in [-0.1, -0.05) is 23.2 Å². The van der Waals surface area contributed by atoms with Gasteiger partial charge in [0.25, 0.3) is 6.01 Å². The number of hydrogen-bond donors (Lipinski definition) is 2. The Balaban J connectivity index is 1.92. The van der Waals surface area contributed by atoms with Crippen molar-refractivity contribution in [3.05, 3.63) is 22.2 Å². The van der Waals surface area contributed by atoms with E-state index in [9.17, 15) is 10.2 Å². The molecule has 1 saturated heterocycles. The van der Waals surface area contributed by atoms with Gasteiger partial charge in [-0.3, -0.25) is 4.57 Å². The van der Waals surface area contributed by atoms with Gasteiger partial charge in [0.1, 0.15) is 12.2 Å². The molecule has 8 heteroatoms. The zero-order valence-electron chi connectivity index (χ0n) is 10.0. The normalized spacial score (nSPS) is 31.4. The van der Waals surface area contributed by atoms with Crippen LogP contribution in [0.4, 0.5) is 0 Å². The lowest BCUT2D eigenvalue weighted by atomic mass is 10.1. The summed E-state index contributed by atoms with van der Waals surface area (Å²) < 4.78 is 12.9. The van der Waals surface area contributed by atoms with Crippen molar-refractivity contribution in [3.63, 3.8) is 0 Å². The summed E-state index contributed by atoms with van der Waals surface area (Å²) in [6.45, 7) is -0.229. The second-order valence-electron chi connectivity index (χ2n) is 4.84. The first kappa shape index (κ1) is 12.7. The maximum atomic E-state index is 10.2. The molecule has 3 heterocycles. The van der Waals surface area contributed by atoms with Gasteiger partial charge in [-0.05, 0) is 12.1 Å². The van der Waals surface area contributed by atoms with Gasteiger partial charge in [0.05, 0.1) is 27.7 Å². The van der Waals surface area contributed by atoms with Crippen molar-refractivity contribution in [3.8, 4) is 6.01 Å². The SMILES string of the molecule is OC[C@@H]1O[C@H]2[C@H](O)[C@H]1Oc1nc3cc(Cl)c(Cl)cc3n12. The second-order valence-corrected chi connectivity index (χ2v) is 5.65. The molecule has 0 spiro atoms. The van der Waals surface area contributed by atoms with Crippen LogP contribution in [0.3, 0.4) is 0 Å². The molecule has 2 aliphatic heterocycles. The molecule has 1 aromatic heterocycles. The lowest BCUT2D eigenvalue weighted by Crippen LogP contribution is -2.42.